The summed E-state index contributed by atoms with van der Waals surface area (Å²) in [5, 5.41) is 9.34. The maximum Gasteiger partial charge on any atom is 0.173 e. The zero-order chi connectivity index (χ0) is 18.2. The molecule has 0 amide bonds. The molecule has 0 N–H and O–H groups in total. The predicted molar refractivity (Wildman–Crippen MR) is 96.2 cm³/mol. The van der Waals surface area contributed by atoms with Crippen molar-refractivity contribution in [3.05, 3.63) is 71.8 Å². The smallest absolute Gasteiger partial charge is 0.173 e. The normalized spacial score (nSPS) is 25.1. The third-order valence-corrected chi connectivity index (χ3v) is 4.39. The van der Waals surface area contributed by atoms with Crippen molar-refractivity contribution in [3.8, 4) is 6.07 Å². The van der Waals surface area contributed by atoms with Gasteiger partial charge < -0.3 is 18.9 Å². The van der Waals surface area contributed by atoms with Crippen molar-refractivity contribution < 1.29 is 18.9 Å². The van der Waals surface area contributed by atoms with E-state index in [0.29, 0.717) is 19.8 Å². The second-order valence-corrected chi connectivity index (χ2v) is 6.19. The van der Waals surface area contributed by atoms with Crippen LogP contribution in [0.3, 0.4) is 0 Å². The van der Waals surface area contributed by atoms with Crippen LogP contribution >= 0.6 is 0 Å². The molecule has 3 rings (SSSR count). The van der Waals surface area contributed by atoms with E-state index >= 15 is 0 Å². The molecule has 0 bridgehead atoms. The van der Waals surface area contributed by atoms with Crippen molar-refractivity contribution >= 4 is 0 Å². The van der Waals surface area contributed by atoms with Gasteiger partial charge in [-0.1, -0.05) is 60.7 Å². The van der Waals surface area contributed by atoms with Gasteiger partial charge in [0.1, 0.15) is 18.3 Å². The van der Waals surface area contributed by atoms with Crippen LogP contribution in [0, 0.1) is 11.3 Å². The average Bonchev–Trinajstić information content (AvgIpc) is 3.04. The fourth-order valence-corrected chi connectivity index (χ4v) is 3.06. The van der Waals surface area contributed by atoms with Gasteiger partial charge in [0.15, 0.2) is 6.10 Å². The summed E-state index contributed by atoms with van der Waals surface area (Å²) < 4.78 is 23.2. The molecule has 136 valence electrons. The highest BCUT2D eigenvalue weighted by atomic mass is 16.6. The molecular formula is C21H23NO4. The summed E-state index contributed by atoms with van der Waals surface area (Å²) in [6, 6.07) is 22.0. The first kappa shape index (κ1) is 18.6. The minimum absolute atomic E-state index is 0.340. The standard InChI is InChI=1S/C21H23NO4/c1-23-20-18(12-22)26-19(15-24-13-16-8-4-2-5-9-16)21(20)25-14-17-10-6-3-7-11-17/h2-11,18-21H,13-15H2,1H3/t18?,19-,20+,21+/m1/s1. The van der Waals surface area contributed by atoms with Crippen LogP contribution in [0.1, 0.15) is 11.1 Å². The second-order valence-electron chi connectivity index (χ2n) is 6.19. The van der Waals surface area contributed by atoms with Crippen molar-refractivity contribution in [2.24, 2.45) is 0 Å². The van der Waals surface area contributed by atoms with Crippen molar-refractivity contribution in [1.29, 1.82) is 5.26 Å². The van der Waals surface area contributed by atoms with Crippen LogP contribution in [-0.2, 0) is 32.2 Å². The lowest BCUT2D eigenvalue weighted by atomic mass is 10.1. The number of ether oxygens (including phenoxy) is 4. The number of hydrogen-bond donors (Lipinski definition) is 0. The van der Waals surface area contributed by atoms with E-state index in [9.17, 15) is 5.26 Å². The quantitative estimate of drug-likeness (QED) is 0.730. The van der Waals surface area contributed by atoms with Gasteiger partial charge in [-0.3, -0.25) is 0 Å². The lowest BCUT2D eigenvalue weighted by Crippen LogP contribution is -2.38. The summed E-state index contributed by atoms with van der Waals surface area (Å²) in [5.41, 5.74) is 2.15. The molecule has 0 aromatic heterocycles. The van der Waals surface area contributed by atoms with Gasteiger partial charge in [-0.05, 0) is 11.1 Å². The van der Waals surface area contributed by atoms with Gasteiger partial charge in [0, 0.05) is 7.11 Å². The van der Waals surface area contributed by atoms with Gasteiger partial charge >= 0.3 is 0 Å². The molecule has 2 aromatic carbocycles. The van der Waals surface area contributed by atoms with Gasteiger partial charge in [-0.2, -0.15) is 5.26 Å². The fourth-order valence-electron chi connectivity index (χ4n) is 3.06. The number of hydrogen-bond acceptors (Lipinski definition) is 5. The molecule has 1 aliphatic heterocycles. The fraction of sp³-hybridized carbons (Fsp3) is 0.381. The Morgan fingerprint density at radius 1 is 0.923 bits per heavy atom. The van der Waals surface area contributed by atoms with E-state index in [0.717, 1.165) is 11.1 Å². The molecule has 0 radical (unpaired) electrons. The number of methoxy groups -OCH3 is 1. The van der Waals surface area contributed by atoms with Gasteiger partial charge in [0.05, 0.1) is 25.9 Å². The molecule has 1 heterocycles. The summed E-state index contributed by atoms with van der Waals surface area (Å²) in [6.45, 7) is 1.26. The first-order valence-electron chi connectivity index (χ1n) is 8.67. The van der Waals surface area contributed by atoms with Gasteiger partial charge in [-0.25, -0.2) is 0 Å². The van der Waals surface area contributed by atoms with Crippen LogP contribution < -0.4 is 0 Å². The van der Waals surface area contributed by atoms with E-state index in [1.807, 2.05) is 60.7 Å². The molecule has 1 aliphatic rings. The maximum atomic E-state index is 9.34. The van der Waals surface area contributed by atoms with Crippen LogP contribution in [0.4, 0.5) is 0 Å². The molecule has 26 heavy (non-hydrogen) atoms. The topological polar surface area (TPSA) is 60.7 Å². The second kappa shape index (κ2) is 9.46. The largest absolute Gasteiger partial charge is 0.375 e. The van der Waals surface area contributed by atoms with Crippen molar-refractivity contribution in [2.45, 2.75) is 37.6 Å². The number of nitrogens with zero attached hydrogens (tertiary/aromatic N) is 1. The minimum atomic E-state index is -0.661. The summed E-state index contributed by atoms with van der Waals surface area (Å²) >= 11 is 0. The van der Waals surface area contributed by atoms with E-state index in [-0.39, 0.29) is 12.2 Å². The first-order valence-corrected chi connectivity index (χ1v) is 8.67. The Bertz CT molecular complexity index is 701. The van der Waals surface area contributed by atoms with Gasteiger partial charge in [0.25, 0.3) is 0 Å². The monoisotopic (exact) mass is 353 g/mol. The Morgan fingerprint density at radius 3 is 2.12 bits per heavy atom. The Kier molecular flexibility index (Phi) is 6.75. The van der Waals surface area contributed by atoms with Crippen molar-refractivity contribution in [2.75, 3.05) is 13.7 Å². The third kappa shape index (κ3) is 4.69. The molecule has 5 heteroatoms. The molecule has 1 unspecified atom stereocenters. The van der Waals surface area contributed by atoms with E-state index < -0.39 is 12.2 Å². The van der Waals surface area contributed by atoms with E-state index in [1.54, 1.807) is 7.11 Å². The molecule has 2 aromatic rings. The van der Waals surface area contributed by atoms with Crippen LogP contribution in [-0.4, -0.2) is 38.1 Å². The summed E-state index contributed by atoms with van der Waals surface area (Å²) in [5.74, 6) is 0. The Balaban J connectivity index is 1.60. The van der Waals surface area contributed by atoms with E-state index in [1.165, 1.54) is 0 Å². The number of benzene rings is 2. The highest BCUT2D eigenvalue weighted by molar-refractivity contribution is 5.14. The zero-order valence-electron chi connectivity index (χ0n) is 14.8. The Labute approximate surface area is 154 Å². The molecule has 0 aliphatic carbocycles. The number of nitriles is 1. The van der Waals surface area contributed by atoms with Crippen LogP contribution in [0.15, 0.2) is 60.7 Å². The van der Waals surface area contributed by atoms with Crippen molar-refractivity contribution in [1.82, 2.24) is 0 Å². The highest BCUT2D eigenvalue weighted by Crippen LogP contribution is 2.27. The molecule has 1 saturated heterocycles. The third-order valence-electron chi connectivity index (χ3n) is 4.39. The summed E-state index contributed by atoms with van der Waals surface area (Å²) in [6.07, 6.45) is -1.81. The Morgan fingerprint density at radius 2 is 1.54 bits per heavy atom. The lowest BCUT2D eigenvalue weighted by Gasteiger charge is -2.22. The van der Waals surface area contributed by atoms with Crippen molar-refractivity contribution in [3.63, 3.8) is 0 Å². The SMILES string of the molecule is CO[C@H]1C(C#N)O[C@H](COCc2ccccc2)[C@@H]1OCc1ccccc1. The van der Waals surface area contributed by atoms with Crippen LogP contribution in [0.5, 0.6) is 0 Å². The first-order chi connectivity index (χ1) is 12.8. The van der Waals surface area contributed by atoms with E-state index in [2.05, 4.69) is 6.07 Å². The highest BCUT2D eigenvalue weighted by Gasteiger charge is 2.46. The average molecular weight is 353 g/mol. The molecule has 5 nitrogen and oxygen atoms in total. The number of rotatable bonds is 8. The Hall–Kier alpha value is -2.23. The molecule has 0 spiro atoms. The summed E-state index contributed by atoms with van der Waals surface area (Å²) in [7, 11) is 1.57. The predicted octanol–water partition coefficient (Wildman–Crippen LogP) is 3.09. The molecule has 1 fully saturated rings. The molecule has 0 saturated carbocycles. The lowest BCUT2D eigenvalue weighted by molar-refractivity contribution is -0.0801. The maximum absolute atomic E-state index is 9.34. The van der Waals surface area contributed by atoms with Crippen LogP contribution in [0.25, 0.3) is 0 Å². The minimum Gasteiger partial charge on any atom is -0.375 e. The van der Waals surface area contributed by atoms with Crippen LogP contribution in [0.2, 0.25) is 0 Å². The molecule has 4 atom stereocenters. The van der Waals surface area contributed by atoms with E-state index in [4.69, 9.17) is 18.9 Å². The summed E-state index contributed by atoms with van der Waals surface area (Å²) in [4.78, 5) is 0. The van der Waals surface area contributed by atoms with Gasteiger partial charge in [0.2, 0.25) is 0 Å². The molecular weight excluding hydrogens is 330 g/mol. The zero-order valence-corrected chi connectivity index (χ0v) is 14.8. The van der Waals surface area contributed by atoms with Gasteiger partial charge in [-0.15, -0.1) is 0 Å².